The maximum Gasteiger partial charge on any atom is 0.0159 e. The van der Waals surface area contributed by atoms with Gasteiger partial charge in [-0.1, -0.05) is 41.0 Å². The molecule has 1 N–H and O–H groups in total. The van der Waals surface area contributed by atoms with E-state index in [-0.39, 0.29) is 0 Å². The van der Waals surface area contributed by atoms with Crippen LogP contribution in [0.25, 0.3) is 0 Å². The van der Waals surface area contributed by atoms with Crippen LogP contribution in [0.2, 0.25) is 0 Å². The molecule has 0 aromatic rings. The summed E-state index contributed by atoms with van der Waals surface area (Å²) in [7, 11) is 0. The third kappa shape index (κ3) is 4.96. The normalized spacial score (nSPS) is 29.3. The van der Waals surface area contributed by atoms with Gasteiger partial charge < -0.3 is 5.32 Å². The average Bonchev–Trinajstić information content (AvgIpc) is 3.20. The van der Waals surface area contributed by atoms with Crippen molar-refractivity contribution in [1.82, 2.24) is 10.2 Å². The highest BCUT2D eigenvalue weighted by Crippen LogP contribution is 2.40. The Morgan fingerprint density at radius 1 is 1.19 bits per heavy atom. The van der Waals surface area contributed by atoms with E-state index in [1.54, 1.807) is 0 Å². The summed E-state index contributed by atoms with van der Waals surface area (Å²) in [6, 6.07) is 1.61. The second-order valence-electron chi connectivity index (χ2n) is 8.65. The number of rotatable bonds is 8. The molecule has 2 heteroatoms. The zero-order valence-electron chi connectivity index (χ0n) is 15.1. The molecule has 0 aromatic heterocycles. The van der Waals surface area contributed by atoms with Crippen LogP contribution in [0.4, 0.5) is 0 Å². The number of nitrogens with one attached hydrogen (secondary N) is 1. The van der Waals surface area contributed by atoms with E-state index in [0.29, 0.717) is 11.5 Å². The fraction of sp³-hybridized carbons (Fsp3) is 1.00. The molecule has 0 heterocycles. The lowest BCUT2D eigenvalue weighted by atomic mass is 9.67. The molecule has 2 unspecified atom stereocenters. The Hall–Kier alpha value is -0.0800. The number of nitrogens with zero attached hydrogens (tertiary/aromatic N) is 1. The zero-order valence-corrected chi connectivity index (χ0v) is 15.1. The Kier molecular flexibility index (Phi) is 6.14. The first kappa shape index (κ1) is 17.3. The Labute approximate surface area is 133 Å². The van der Waals surface area contributed by atoms with E-state index < -0.39 is 0 Å². The summed E-state index contributed by atoms with van der Waals surface area (Å²) in [5.41, 5.74) is 0.463. The standard InChI is InChI=1S/C19H38N2/c1-6-12-20-18-16(8-7-11-19(18,4)5)14-21(13-15(2)3)17-9-10-17/h15-18,20H,6-14H2,1-5H3. The van der Waals surface area contributed by atoms with Gasteiger partial charge in [-0.05, 0) is 55.9 Å². The van der Waals surface area contributed by atoms with Crippen LogP contribution in [0.5, 0.6) is 0 Å². The minimum absolute atomic E-state index is 0.463. The summed E-state index contributed by atoms with van der Waals surface area (Å²) in [5, 5.41) is 3.90. The molecule has 0 radical (unpaired) electrons. The largest absolute Gasteiger partial charge is 0.313 e. The molecular weight excluding hydrogens is 256 g/mol. The lowest BCUT2D eigenvalue weighted by Gasteiger charge is -2.46. The summed E-state index contributed by atoms with van der Waals surface area (Å²) in [5.74, 6) is 1.64. The molecule has 0 spiro atoms. The van der Waals surface area contributed by atoms with Gasteiger partial charge in [-0.25, -0.2) is 0 Å². The molecule has 0 amide bonds. The highest BCUT2D eigenvalue weighted by atomic mass is 15.2. The first-order valence-corrected chi connectivity index (χ1v) is 9.41. The van der Waals surface area contributed by atoms with Crippen molar-refractivity contribution in [2.75, 3.05) is 19.6 Å². The Morgan fingerprint density at radius 2 is 1.90 bits per heavy atom. The zero-order chi connectivity index (χ0) is 15.5. The van der Waals surface area contributed by atoms with Gasteiger partial charge in [0.1, 0.15) is 0 Å². The van der Waals surface area contributed by atoms with E-state index in [4.69, 9.17) is 0 Å². The molecule has 2 aliphatic rings. The van der Waals surface area contributed by atoms with E-state index in [1.807, 2.05) is 0 Å². The van der Waals surface area contributed by atoms with Gasteiger partial charge in [0.15, 0.2) is 0 Å². The minimum atomic E-state index is 0.463. The highest BCUT2D eigenvalue weighted by molar-refractivity contribution is 4.96. The van der Waals surface area contributed by atoms with Crippen LogP contribution in [-0.4, -0.2) is 36.6 Å². The van der Waals surface area contributed by atoms with Gasteiger partial charge in [0.2, 0.25) is 0 Å². The van der Waals surface area contributed by atoms with E-state index >= 15 is 0 Å². The van der Waals surface area contributed by atoms with Crippen molar-refractivity contribution in [3.8, 4) is 0 Å². The van der Waals surface area contributed by atoms with Gasteiger partial charge in [0, 0.05) is 25.2 Å². The smallest absolute Gasteiger partial charge is 0.0159 e. The molecule has 2 fully saturated rings. The van der Waals surface area contributed by atoms with Crippen LogP contribution in [0, 0.1) is 17.3 Å². The average molecular weight is 295 g/mol. The van der Waals surface area contributed by atoms with Crippen LogP contribution in [-0.2, 0) is 0 Å². The van der Waals surface area contributed by atoms with Crippen molar-refractivity contribution in [1.29, 1.82) is 0 Å². The molecule has 2 saturated carbocycles. The number of hydrogen-bond acceptors (Lipinski definition) is 2. The predicted molar refractivity (Wildman–Crippen MR) is 92.6 cm³/mol. The monoisotopic (exact) mass is 294 g/mol. The first-order chi connectivity index (χ1) is 9.94. The van der Waals surface area contributed by atoms with Crippen molar-refractivity contribution in [3.63, 3.8) is 0 Å². The second kappa shape index (κ2) is 7.46. The van der Waals surface area contributed by atoms with Crippen molar-refractivity contribution in [3.05, 3.63) is 0 Å². The molecule has 2 rings (SSSR count). The Balaban J connectivity index is 1.99. The van der Waals surface area contributed by atoms with E-state index in [0.717, 1.165) is 17.9 Å². The van der Waals surface area contributed by atoms with E-state index in [9.17, 15) is 0 Å². The molecule has 2 nitrogen and oxygen atoms in total. The maximum absolute atomic E-state index is 3.90. The molecule has 2 atom stereocenters. The molecule has 21 heavy (non-hydrogen) atoms. The molecule has 0 aliphatic heterocycles. The summed E-state index contributed by atoms with van der Waals surface area (Å²) in [6.45, 7) is 15.8. The van der Waals surface area contributed by atoms with Crippen molar-refractivity contribution in [2.45, 2.75) is 85.2 Å². The van der Waals surface area contributed by atoms with Crippen LogP contribution in [0.1, 0.15) is 73.1 Å². The SMILES string of the molecule is CCCNC1C(CN(CC(C)C)C2CC2)CCCC1(C)C. The summed E-state index contributed by atoms with van der Waals surface area (Å²) in [6.07, 6.45) is 8.36. The Morgan fingerprint density at radius 3 is 2.48 bits per heavy atom. The highest BCUT2D eigenvalue weighted by Gasteiger charge is 2.40. The molecular formula is C19H38N2. The van der Waals surface area contributed by atoms with Crippen molar-refractivity contribution in [2.24, 2.45) is 17.3 Å². The lowest BCUT2D eigenvalue weighted by Crippen LogP contribution is -2.53. The van der Waals surface area contributed by atoms with E-state index in [2.05, 4.69) is 44.8 Å². The third-order valence-electron chi connectivity index (χ3n) is 5.46. The van der Waals surface area contributed by atoms with Crippen LogP contribution in [0.15, 0.2) is 0 Å². The lowest BCUT2D eigenvalue weighted by molar-refractivity contribution is 0.0726. The van der Waals surface area contributed by atoms with Crippen LogP contribution < -0.4 is 5.32 Å². The van der Waals surface area contributed by atoms with Gasteiger partial charge in [-0.15, -0.1) is 0 Å². The van der Waals surface area contributed by atoms with Crippen LogP contribution in [0.3, 0.4) is 0 Å². The van der Waals surface area contributed by atoms with Crippen molar-refractivity contribution < 1.29 is 0 Å². The predicted octanol–water partition coefficient (Wildman–Crippen LogP) is 4.30. The fourth-order valence-electron chi connectivity index (χ4n) is 4.30. The first-order valence-electron chi connectivity index (χ1n) is 9.41. The fourth-order valence-corrected chi connectivity index (χ4v) is 4.30. The number of hydrogen-bond donors (Lipinski definition) is 1. The topological polar surface area (TPSA) is 15.3 Å². The van der Waals surface area contributed by atoms with Crippen LogP contribution >= 0.6 is 0 Å². The third-order valence-corrected chi connectivity index (χ3v) is 5.46. The minimum Gasteiger partial charge on any atom is -0.313 e. The summed E-state index contributed by atoms with van der Waals surface area (Å²) in [4.78, 5) is 2.82. The summed E-state index contributed by atoms with van der Waals surface area (Å²) < 4.78 is 0. The Bertz CT molecular complexity index is 307. The van der Waals surface area contributed by atoms with Crippen molar-refractivity contribution >= 4 is 0 Å². The second-order valence-corrected chi connectivity index (χ2v) is 8.65. The van der Waals surface area contributed by atoms with Gasteiger partial charge in [-0.2, -0.15) is 0 Å². The van der Waals surface area contributed by atoms with Gasteiger partial charge in [0.05, 0.1) is 0 Å². The molecule has 0 aromatic carbocycles. The molecule has 2 aliphatic carbocycles. The van der Waals surface area contributed by atoms with E-state index in [1.165, 1.54) is 58.2 Å². The van der Waals surface area contributed by atoms with Gasteiger partial charge in [0.25, 0.3) is 0 Å². The molecule has 0 saturated heterocycles. The maximum atomic E-state index is 3.90. The molecule has 124 valence electrons. The molecule has 0 bridgehead atoms. The van der Waals surface area contributed by atoms with Gasteiger partial charge in [-0.3, -0.25) is 4.90 Å². The summed E-state index contributed by atoms with van der Waals surface area (Å²) >= 11 is 0. The van der Waals surface area contributed by atoms with Gasteiger partial charge >= 0.3 is 0 Å². The quantitative estimate of drug-likeness (QED) is 0.718.